The van der Waals surface area contributed by atoms with E-state index in [-0.39, 0.29) is 17.0 Å². The van der Waals surface area contributed by atoms with E-state index in [1.165, 1.54) is 22.8 Å². The zero-order valence-electron chi connectivity index (χ0n) is 10.9. The van der Waals surface area contributed by atoms with E-state index < -0.39 is 10.0 Å². The molecule has 0 aliphatic carbocycles. The van der Waals surface area contributed by atoms with Crippen molar-refractivity contribution < 1.29 is 13.2 Å². The summed E-state index contributed by atoms with van der Waals surface area (Å²) in [6.45, 7) is 2.15. The van der Waals surface area contributed by atoms with Crippen LogP contribution in [0.4, 0.5) is 0 Å². The van der Waals surface area contributed by atoms with Crippen LogP contribution in [0.25, 0.3) is 0 Å². The van der Waals surface area contributed by atoms with Gasteiger partial charge in [-0.15, -0.1) is 0 Å². The van der Waals surface area contributed by atoms with Crippen molar-refractivity contribution in [2.24, 2.45) is 4.99 Å². The fourth-order valence-corrected chi connectivity index (χ4v) is 4.51. The molecule has 0 radical (unpaired) electrons. The first-order valence-electron chi connectivity index (χ1n) is 6.14. The number of nitrogens with zero attached hydrogens (tertiary/aromatic N) is 3. The van der Waals surface area contributed by atoms with Gasteiger partial charge in [-0.3, -0.25) is 4.98 Å². The van der Waals surface area contributed by atoms with Gasteiger partial charge < -0.3 is 0 Å². The largest absolute Gasteiger partial charge is 0.262 e. The van der Waals surface area contributed by atoms with E-state index in [1.54, 1.807) is 6.08 Å². The summed E-state index contributed by atoms with van der Waals surface area (Å²) >= 11 is 3.22. The first-order chi connectivity index (χ1) is 9.45. The lowest BCUT2D eigenvalue weighted by atomic mass is 10.0. The van der Waals surface area contributed by atoms with Crippen LogP contribution in [0, 0.1) is 0 Å². The van der Waals surface area contributed by atoms with Gasteiger partial charge in [-0.2, -0.15) is 4.31 Å². The molecule has 0 amide bonds. The molecule has 1 aromatic heterocycles. The molecule has 2 rings (SSSR count). The number of aromatic nitrogens is 1. The first-order valence-corrected chi connectivity index (χ1v) is 8.38. The lowest BCUT2D eigenvalue weighted by Gasteiger charge is -2.34. The number of halogens is 1. The SMILES string of the molecule is CC1CC(N=C=O)CCN1S(=O)(=O)c1cncc(Br)c1. The molecule has 0 spiro atoms. The van der Waals surface area contributed by atoms with Crippen LogP contribution in [0.1, 0.15) is 19.8 Å². The van der Waals surface area contributed by atoms with Crippen LogP contribution in [0.2, 0.25) is 0 Å². The zero-order valence-corrected chi connectivity index (χ0v) is 13.3. The van der Waals surface area contributed by atoms with Crippen molar-refractivity contribution >= 4 is 32.0 Å². The van der Waals surface area contributed by atoms with Gasteiger partial charge in [0.25, 0.3) is 0 Å². The molecule has 2 heterocycles. The Balaban J connectivity index is 2.25. The summed E-state index contributed by atoms with van der Waals surface area (Å²) in [6, 6.07) is 1.18. The maximum absolute atomic E-state index is 12.6. The fourth-order valence-electron chi connectivity index (χ4n) is 2.34. The van der Waals surface area contributed by atoms with Gasteiger partial charge in [-0.05, 0) is 41.8 Å². The van der Waals surface area contributed by atoms with Gasteiger partial charge in [0.15, 0.2) is 0 Å². The van der Waals surface area contributed by atoms with E-state index in [0.717, 1.165) is 0 Å². The molecule has 0 aromatic carbocycles. The Morgan fingerprint density at radius 3 is 2.85 bits per heavy atom. The summed E-state index contributed by atoms with van der Waals surface area (Å²) in [5.74, 6) is 0. The van der Waals surface area contributed by atoms with Crippen LogP contribution in [-0.4, -0.2) is 42.4 Å². The van der Waals surface area contributed by atoms with Crippen LogP contribution in [0.3, 0.4) is 0 Å². The van der Waals surface area contributed by atoms with Crippen molar-refractivity contribution in [3.63, 3.8) is 0 Å². The number of sulfonamides is 1. The molecule has 0 N–H and O–H groups in total. The summed E-state index contributed by atoms with van der Waals surface area (Å²) in [5.41, 5.74) is 0. The molecule has 2 unspecified atom stereocenters. The highest BCUT2D eigenvalue weighted by molar-refractivity contribution is 9.10. The molecular formula is C12H14BrN3O3S. The van der Waals surface area contributed by atoms with Crippen LogP contribution in [0.5, 0.6) is 0 Å². The molecule has 1 aliphatic rings. The van der Waals surface area contributed by atoms with Crippen molar-refractivity contribution in [2.75, 3.05) is 6.54 Å². The molecule has 1 aliphatic heterocycles. The molecule has 1 aromatic rings. The average Bonchev–Trinajstić information content (AvgIpc) is 2.39. The van der Waals surface area contributed by atoms with E-state index in [0.29, 0.717) is 23.9 Å². The highest BCUT2D eigenvalue weighted by Gasteiger charge is 2.34. The van der Waals surface area contributed by atoms with Gasteiger partial charge in [-0.1, -0.05) is 0 Å². The second-order valence-corrected chi connectivity index (χ2v) is 7.51. The monoisotopic (exact) mass is 359 g/mol. The Labute approximate surface area is 126 Å². The zero-order chi connectivity index (χ0) is 14.8. The summed E-state index contributed by atoms with van der Waals surface area (Å²) in [6.07, 6.45) is 5.46. The third kappa shape index (κ3) is 3.15. The Bertz CT molecular complexity index is 643. The number of piperidine rings is 1. The minimum Gasteiger partial charge on any atom is -0.262 e. The maximum atomic E-state index is 12.6. The van der Waals surface area contributed by atoms with E-state index in [4.69, 9.17) is 0 Å². The molecule has 6 nitrogen and oxygen atoms in total. The number of pyridine rings is 1. The highest BCUT2D eigenvalue weighted by atomic mass is 79.9. The Morgan fingerprint density at radius 1 is 1.50 bits per heavy atom. The molecule has 108 valence electrons. The quantitative estimate of drug-likeness (QED) is 0.607. The van der Waals surface area contributed by atoms with Crippen molar-refractivity contribution in [1.82, 2.24) is 9.29 Å². The van der Waals surface area contributed by atoms with Gasteiger partial charge >= 0.3 is 0 Å². The summed E-state index contributed by atoms with van der Waals surface area (Å²) in [4.78, 5) is 18.0. The molecule has 1 fully saturated rings. The highest BCUT2D eigenvalue weighted by Crippen LogP contribution is 2.27. The van der Waals surface area contributed by atoms with Crippen molar-refractivity contribution in [3.8, 4) is 0 Å². The Hall–Kier alpha value is -1.08. The fraction of sp³-hybridized carbons (Fsp3) is 0.500. The minimum atomic E-state index is -3.57. The first kappa shape index (κ1) is 15.3. The van der Waals surface area contributed by atoms with Crippen molar-refractivity contribution in [3.05, 3.63) is 22.9 Å². The lowest BCUT2D eigenvalue weighted by Crippen LogP contribution is -2.45. The Morgan fingerprint density at radius 2 is 2.25 bits per heavy atom. The van der Waals surface area contributed by atoms with Crippen LogP contribution in [0.15, 0.2) is 32.8 Å². The molecule has 0 saturated carbocycles. The summed E-state index contributed by atoms with van der Waals surface area (Å²) in [7, 11) is -3.57. The smallest absolute Gasteiger partial charge is 0.244 e. The second-order valence-electron chi connectivity index (χ2n) is 4.70. The van der Waals surface area contributed by atoms with Gasteiger partial charge in [0.2, 0.25) is 16.1 Å². The maximum Gasteiger partial charge on any atom is 0.244 e. The number of hydrogen-bond acceptors (Lipinski definition) is 5. The lowest BCUT2D eigenvalue weighted by molar-refractivity contribution is 0.248. The Kier molecular flexibility index (Phi) is 4.70. The predicted molar refractivity (Wildman–Crippen MR) is 76.4 cm³/mol. The molecule has 2 atom stereocenters. The molecular weight excluding hydrogens is 346 g/mol. The normalized spacial score (nSPS) is 24.1. The summed E-state index contributed by atoms with van der Waals surface area (Å²) < 4.78 is 27.2. The number of isocyanates is 1. The van der Waals surface area contributed by atoms with Crippen LogP contribution >= 0.6 is 15.9 Å². The molecule has 0 bridgehead atoms. The minimum absolute atomic E-state index is 0.144. The van der Waals surface area contributed by atoms with Gasteiger partial charge in [0.05, 0.1) is 6.04 Å². The topological polar surface area (TPSA) is 79.7 Å². The van der Waals surface area contributed by atoms with Crippen molar-refractivity contribution in [2.45, 2.75) is 36.7 Å². The predicted octanol–water partition coefficient (Wildman–Crippen LogP) is 1.72. The van der Waals surface area contributed by atoms with E-state index in [2.05, 4.69) is 25.9 Å². The third-order valence-corrected chi connectivity index (χ3v) is 5.72. The number of hydrogen-bond donors (Lipinski definition) is 0. The molecule has 1 saturated heterocycles. The molecule has 20 heavy (non-hydrogen) atoms. The number of rotatable bonds is 3. The van der Waals surface area contributed by atoms with Gasteiger partial charge in [0.1, 0.15) is 4.90 Å². The van der Waals surface area contributed by atoms with E-state index in [9.17, 15) is 13.2 Å². The van der Waals surface area contributed by atoms with Gasteiger partial charge in [-0.25, -0.2) is 18.2 Å². The average molecular weight is 360 g/mol. The molecule has 8 heteroatoms. The van der Waals surface area contributed by atoms with Crippen molar-refractivity contribution in [1.29, 1.82) is 0 Å². The van der Waals surface area contributed by atoms with E-state index in [1.807, 2.05) is 6.92 Å². The van der Waals surface area contributed by atoms with Crippen LogP contribution < -0.4 is 0 Å². The van der Waals surface area contributed by atoms with E-state index >= 15 is 0 Å². The summed E-state index contributed by atoms with van der Waals surface area (Å²) in [5, 5.41) is 0. The standard InChI is InChI=1S/C12H14BrN3O3S/c1-9-4-11(15-8-17)2-3-16(9)20(18,19)12-5-10(13)6-14-7-12/h5-7,9,11H,2-4H2,1H3. The number of carbonyl (C=O) groups excluding carboxylic acids is 1. The third-order valence-electron chi connectivity index (χ3n) is 3.31. The van der Waals surface area contributed by atoms with Crippen LogP contribution in [-0.2, 0) is 14.8 Å². The second kappa shape index (κ2) is 6.13. The van der Waals surface area contributed by atoms with Gasteiger partial charge in [0, 0.05) is 29.5 Å². The number of aliphatic imine (C=N–C) groups is 1.